The van der Waals surface area contributed by atoms with Crippen molar-refractivity contribution in [1.29, 1.82) is 0 Å². The Hall–Kier alpha value is -2.63. The average Bonchev–Trinajstić information content (AvgIpc) is 2.94. The van der Waals surface area contributed by atoms with Gasteiger partial charge in [-0.05, 0) is 24.6 Å². The third kappa shape index (κ3) is 3.33. The molecule has 0 aliphatic carbocycles. The quantitative estimate of drug-likeness (QED) is 0.792. The summed E-state index contributed by atoms with van der Waals surface area (Å²) < 4.78 is 6.19. The Bertz CT molecular complexity index is 679. The van der Waals surface area contributed by atoms with Gasteiger partial charge in [0.15, 0.2) is 0 Å². The Morgan fingerprint density at radius 1 is 1.27 bits per heavy atom. The zero-order valence-corrected chi connectivity index (χ0v) is 12.9. The van der Waals surface area contributed by atoms with Crippen LogP contribution in [0.3, 0.4) is 0 Å². The molecule has 0 fully saturated rings. The molecule has 1 aromatic heterocycles. The fourth-order valence-electron chi connectivity index (χ4n) is 2.22. The van der Waals surface area contributed by atoms with E-state index in [2.05, 4.69) is 9.84 Å². The molecule has 22 heavy (non-hydrogen) atoms. The van der Waals surface area contributed by atoms with Crippen LogP contribution in [0.1, 0.15) is 22.5 Å². The molecule has 116 valence electrons. The summed E-state index contributed by atoms with van der Waals surface area (Å²) in [6.45, 7) is 2.18. The first-order chi connectivity index (χ1) is 10.5. The number of ether oxygens (including phenoxy) is 1. The van der Waals surface area contributed by atoms with Crippen molar-refractivity contribution in [1.82, 2.24) is 9.78 Å². The van der Waals surface area contributed by atoms with Gasteiger partial charge in [-0.2, -0.15) is 5.10 Å². The first-order valence-electron chi connectivity index (χ1n) is 6.97. The lowest BCUT2D eigenvalue weighted by atomic mass is 10.1. The highest BCUT2D eigenvalue weighted by Gasteiger charge is 2.22. The van der Waals surface area contributed by atoms with Crippen molar-refractivity contribution >= 4 is 17.6 Å². The monoisotopic (exact) mass is 301 g/mol. The van der Waals surface area contributed by atoms with E-state index in [-0.39, 0.29) is 24.8 Å². The number of para-hydroxylation sites is 1. The van der Waals surface area contributed by atoms with Gasteiger partial charge in [0.25, 0.3) is 5.91 Å². The number of methoxy groups -OCH3 is 1. The van der Waals surface area contributed by atoms with Gasteiger partial charge in [-0.15, -0.1) is 0 Å². The van der Waals surface area contributed by atoms with Gasteiger partial charge in [0.1, 0.15) is 5.69 Å². The van der Waals surface area contributed by atoms with Crippen LogP contribution in [0.2, 0.25) is 0 Å². The molecule has 0 radical (unpaired) electrons. The molecule has 1 aromatic carbocycles. The maximum absolute atomic E-state index is 12.8. The average molecular weight is 301 g/mol. The highest BCUT2D eigenvalue weighted by atomic mass is 16.5. The lowest BCUT2D eigenvalue weighted by Crippen LogP contribution is -2.35. The number of carbonyl (C=O) groups excluding carboxylic acids is 2. The van der Waals surface area contributed by atoms with Crippen molar-refractivity contribution < 1.29 is 14.3 Å². The molecule has 0 bridgehead atoms. The number of hydrogen-bond acceptors (Lipinski definition) is 4. The highest BCUT2D eigenvalue weighted by Crippen LogP contribution is 2.22. The number of anilines is 1. The van der Waals surface area contributed by atoms with Crippen LogP contribution in [-0.2, 0) is 16.6 Å². The number of rotatable bonds is 5. The molecule has 0 aliphatic heterocycles. The molecule has 6 heteroatoms. The van der Waals surface area contributed by atoms with Crippen molar-refractivity contribution in [2.45, 2.75) is 13.3 Å². The molecule has 6 nitrogen and oxygen atoms in total. The summed E-state index contributed by atoms with van der Waals surface area (Å²) in [6, 6.07) is 9.22. The topological polar surface area (TPSA) is 64.4 Å². The van der Waals surface area contributed by atoms with E-state index in [1.165, 1.54) is 11.8 Å². The van der Waals surface area contributed by atoms with Gasteiger partial charge >= 0.3 is 5.97 Å². The first kappa shape index (κ1) is 15.8. The minimum absolute atomic E-state index is 0.133. The molecule has 0 aliphatic rings. The largest absolute Gasteiger partial charge is 0.469 e. The predicted molar refractivity (Wildman–Crippen MR) is 82.7 cm³/mol. The molecule has 0 spiro atoms. The summed E-state index contributed by atoms with van der Waals surface area (Å²) in [4.78, 5) is 25.8. The van der Waals surface area contributed by atoms with Gasteiger partial charge in [0.2, 0.25) is 0 Å². The SMILES string of the molecule is COC(=O)CCN(C(=O)c1ccnn1C)c1ccccc1C. The van der Waals surface area contributed by atoms with E-state index in [4.69, 9.17) is 0 Å². The molecule has 0 atom stereocenters. The molecule has 1 heterocycles. The van der Waals surface area contributed by atoms with Crippen LogP contribution in [0, 0.1) is 6.92 Å². The summed E-state index contributed by atoms with van der Waals surface area (Å²) in [5.41, 5.74) is 2.20. The fourth-order valence-corrected chi connectivity index (χ4v) is 2.22. The number of carbonyl (C=O) groups is 2. The molecule has 0 saturated heterocycles. The van der Waals surface area contributed by atoms with Gasteiger partial charge in [-0.25, -0.2) is 0 Å². The maximum atomic E-state index is 12.8. The molecular weight excluding hydrogens is 282 g/mol. The predicted octanol–water partition coefficient (Wildman–Crippen LogP) is 1.94. The first-order valence-corrected chi connectivity index (χ1v) is 6.97. The van der Waals surface area contributed by atoms with E-state index < -0.39 is 0 Å². The Kier molecular flexibility index (Phi) is 4.93. The maximum Gasteiger partial charge on any atom is 0.307 e. The normalized spacial score (nSPS) is 10.3. The van der Waals surface area contributed by atoms with Crippen molar-refractivity contribution in [3.63, 3.8) is 0 Å². The molecule has 1 amide bonds. The highest BCUT2D eigenvalue weighted by molar-refractivity contribution is 6.05. The van der Waals surface area contributed by atoms with E-state index >= 15 is 0 Å². The minimum Gasteiger partial charge on any atom is -0.469 e. The Morgan fingerprint density at radius 3 is 2.59 bits per heavy atom. The molecule has 0 N–H and O–H groups in total. The number of esters is 1. The molecule has 2 aromatic rings. The second-order valence-corrected chi connectivity index (χ2v) is 4.91. The second kappa shape index (κ2) is 6.89. The fraction of sp³-hybridized carbons (Fsp3) is 0.312. The van der Waals surface area contributed by atoms with Crippen LogP contribution in [-0.4, -0.2) is 35.3 Å². The van der Waals surface area contributed by atoms with Crippen LogP contribution in [0.4, 0.5) is 5.69 Å². The van der Waals surface area contributed by atoms with Crippen LogP contribution in [0.25, 0.3) is 0 Å². The van der Waals surface area contributed by atoms with Crippen LogP contribution in [0.15, 0.2) is 36.5 Å². The van der Waals surface area contributed by atoms with Gasteiger partial charge in [-0.3, -0.25) is 14.3 Å². The van der Waals surface area contributed by atoms with Crippen molar-refractivity contribution in [3.8, 4) is 0 Å². The summed E-state index contributed by atoms with van der Waals surface area (Å²) in [6.07, 6.45) is 1.71. The number of amides is 1. The standard InChI is InChI=1S/C16H19N3O3/c1-12-6-4-5-7-13(12)19(11-9-15(20)22-3)16(21)14-8-10-17-18(14)2/h4-8,10H,9,11H2,1-3H3. The minimum atomic E-state index is -0.351. The van der Waals surface area contributed by atoms with Gasteiger partial charge in [0, 0.05) is 25.5 Å². The van der Waals surface area contributed by atoms with Crippen LogP contribution in [0.5, 0.6) is 0 Å². The zero-order valence-electron chi connectivity index (χ0n) is 12.9. The summed E-state index contributed by atoms with van der Waals surface area (Å²) in [5.74, 6) is -0.547. The number of nitrogens with zero attached hydrogens (tertiary/aromatic N) is 3. The second-order valence-electron chi connectivity index (χ2n) is 4.91. The summed E-state index contributed by atoms with van der Waals surface area (Å²) in [5, 5.41) is 4.03. The van der Waals surface area contributed by atoms with E-state index in [9.17, 15) is 9.59 Å². The number of hydrogen-bond donors (Lipinski definition) is 0. The van der Waals surface area contributed by atoms with Gasteiger partial charge in [0.05, 0.1) is 13.5 Å². The van der Waals surface area contributed by atoms with Gasteiger partial charge in [-0.1, -0.05) is 18.2 Å². The van der Waals surface area contributed by atoms with Gasteiger partial charge < -0.3 is 9.64 Å². The number of aryl methyl sites for hydroxylation is 2. The van der Waals surface area contributed by atoms with Crippen molar-refractivity contribution in [3.05, 3.63) is 47.8 Å². The Morgan fingerprint density at radius 2 is 2.00 bits per heavy atom. The Balaban J connectivity index is 2.33. The lowest BCUT2D eigenvalue weighted by Gasteiger charge is -2.24. The molecular formula is C16H19N3O3. The van der Waals surface area contributed by atoms with E-state index in [0.717, 1.165) is 11.3 Å². The third-order valence-corrected chi connectivity index (χ3v) is 3.46. The van der Waals surface area contributed by atoms with Crippen LogP contribution >= 0.6 is 0 Å². The smallest absolute Gasteiger partial charge is 0.307 e. The number of benzene rings is 1. The van der Waals surface area contributed by atoms with E-state index in [1.807, 2.05) is 31.2 Å². The lowest BCUT2D eigenvalue weighted by molar-refractivity contribution is -0.140. The van der Waals surface area contributed by atoms with Crippen molar-refractivity contribution in [2.75, 3.05) is 18.6 Å². The molecule has 2 rings (SSSR count). The van der Waals surface area contributed by atoms with E-state index in [0.29, 0.717) is 5.69 Å². The molecule has 0 unspecified atom stereocenters. The summed E-state index contributed by atoms with van der Waals surface area (Å²) >= 11 is 0. The van der Waals surface area contributed by atoms with E-state index in [1.54, 1.807) is 24.2 Å². The Labute approximate surface area is 129 Å². The van der Waals surface area contributed by atoms with Crippen molar-refractivity contribution in [2.24, 2.45) is 7.05 Å². The summed E-state index contributed by atoms with van der Waals surface area (Å²) in [7, 11) is 3.05. The third-order valence-electron chi connectivity index (χ3n) is 3.46. The molecule has 0 saturated carbocycles. The number of aromatic nitrogens is 2. The van der Waals surface area contributed by atoms with Crippen LogP contribution < -0.4 is 4.90 Å². The zero-order chi connectivity index (χ0) is 16.1.